The number of terminal acetylenes is 1. The summed E-state index contributed by atoms with van der Waals surface area (Å²) in [7, 11) is 0. The standard InChI is InChI=1S/C26H15Br2N3O3/c1-2-11-33-22-9-7-19(28)13-17(22)15-29-31-25(30-21-6-4-3-5-20(21)26(31)32)24-14-16-12-18(27)8-10-23(16)34-24/h1,3-10,12-15H,11H2. The molecule has 0 fully saturated rings. The van der Waals surface area contributed by atoms with E-state index < -0.39 is 0 Å². The fourth-order valence-electron chi connectivity index (χ4n) is 3.51. The van der Waals surface area contributed by atoms with Crippen molar-refractivity contribution in [3.63, 3.8) is 0 Å². The van der Waals surface area contributed by atoms with Crippen LogP contribution in [0.5, 0.6) is 5.75 Å². The van der Waals surface area contributed by atoms with Crippen molar-refractivity contribution in [3.8, 4) is 29.7 Å². The summed E-state index contributed by atoms with van der Waals surface area (Å²) in [6.07, 6.45) is 6.87. The van der Waals surface area contributed by atoms with Crippen LogP contribution in [0.15, 0.2) is 90.0 Å². The normalized spacial score (nSPS) is 11.3. The van der Waals surface area contributed by atoms with Gasteiger partial charge in [0.15, 0.2) is 5.76 Å². The third kappa shape index (κ3) is 4.28. The second-order valence-corrected chi connectivity index (χ2v) is 9.11. The van der Waals surface area contributed by atoms with Gasteiger partial charge in [-0.3, -0.25) is 4.79 Å². The van der Waals surface area contributed by atoms with Gasteiger partial charge < -0.3 is 9.15 Å². The zero-order valence-corrected chi connectivity index (χ0v) is 20.7. The molecule has 0 radical (unpaired) electrons. The molecule has 0 amide bonds. The summed E-state index contributed by atoms with van der Waals surface area (Å²) < 4.78 is 14.6. The first-order chi connectivity index (χ1) is 16.5. The van der Waals surface area contributed by atoms with Crippen molar-refractivity contribution in [3.05, 3.63) is 91.6 Å². The van der Waals surface area contributed by atoms with E-state index in [1.165, 1.54) is 10.9 Å². The summed E-state index contributed by atoms with van der Waals surface area (Å²) in [6.45, 7) is 0.111. The van der Waals surface area contributed by atoms with Gasteiger partial charge in [-0.1, -0.05) is 49.9 Å². The number of hydrogen-bond donors (Lipinski definition) is 0. The number of benzene rings is 3. The molecule has 34 heavy (non-hydrogen) atoms. The topological polar surface area (TPSA) is 69.6 Å². The molecule has 8 heteroatoms. The number of rotatable bonds is 5. The minimum atomic E-state index is -0.320. The number of hydrogen-bond acceptors (Lipinski definition) is 5. The minimum Gasteiger partial charge on any atom is -0.480 e. The number of para-hydroxylation sites is 1. The van der Waals surface area contributed by atoms with Gasteiger partial charge in [-0.25, -0.2) is 4.98 Å². The van der Waals surface area contributed by atoms with Crippen molar-refractivity contribution in [1.29, 1.82) is 0 Å². The van der Waals surface area contributed by atoms with E-state index in [0.717, 1.165) is 14.3 Å². The molecule has 5 rings (SSSR count). The second kappa shape index (κ2) is 9.29. The predicted octanol–water partition coefficient (Wildman–Crippen LogP) is 6.23. The molecule has 5 aromatic rings. The lowest BCUT2D eigenvalue weighted by molar-refractivity contribution is 0.370. The Morgan fingerprint density at radius 1 is 1.09 bits per heavy atom. The van der Waals surface area contributed by atoms with Crippen LogP contribution in [-0.2, 0) is 0 Å². The molecule has 0 aliphatic carbocycles. The molecule has 0 saturated carbocycles. The highest BCUT2D eigenvalue weighted by molar-refractivity contribution is 9.10. The van der Waals surface area contributed by atoms with Gasteiger partial charge in [0.2, 0.25) is 5.82 Å². The van der Waals surface area contributed by atoms with Crippen LogP contribution in [0.1, 0.15) is 5.56 Å². The van der Waals surface area contributed by atoms with E-state index in [9.17, 15) is 4.79 Å². The van der Waals surface area contributed by atoms with Crippen LogP contribution in [0.4, 0.5) is 0 Å². The van der Waals surface area contributed by atoms with E-state index in [1.807, 2.05) is 42.5 Å². The highest BCUT2D eigenvalue weighted by Crippen LogP contribution is 2.29. The highest BCUT2D eigenvalue weighted by atomic mass is 79.9. The number of fused-ring (bicyclic) bond motifs is 2. The van der Waals surface area contributed by atoms with Crippen LogP contribution in [0.2, 0.25) is 0 Å². The van der Waals surface area contributed by atoms with E-state index in [-0.39, 0.29) is 18.0 Å². The second-order valence-electron chi connectivity index (χ2n) is 7.28. The molecule has 0 bridgehead atoms. The summed E-state index contributed by atoms with van der Waals surface area (Å²) in [5, 5.41) is 5.81. The average Bonchev–Trinajstić information content (AvgIpc) is 3.26. The summed E-state index contributed by atoms with van der Waals surface area (Å²) in [4.78, 5) is 18.1. The molecule has 2 heterocycles. The molecular formula is C26H15Br2N3O3. The molecule has 166 valence electrons. The molecule has 6 nitrogen and oxygen atoms in total. The van der Waals surface area contributed by atoms with Crippen LogP contribution in [0.3, 0.4) is 0 Å². The van der Waals surface area contributed by atoms with E-state index in [0.29, 0.717) is 33.6 Å². The Kier molecular flexibility index (Phi) is 6.05. The number of nitrogens with zero attached hydrogens (tertiary/aromatic N) is 3. The molecule has 2 aromatic heterocycles. The molecule has 0 aliphatic rings. The van der Waals surface area contributed by atoms with Crippen LogP contribution in [0.25, 0.3) is 33.5 Å². The van der Waals surface area contributed by atoms with E-state index >= 15 is 0 Å². The summed E-state index contributed by atoms with van der Waals surface area (Å²) in [5.74, 6) is 3.70. The predicted molar refractivity (Wildman–Crippen MR) is 140 cm³/mol. The zero-order valence-electron chi connectivity index (χ0n) is 17.5. The van der Waals surface area contributed by atoms with Gasteiger partial charge in [0.1, 0.15) is 17.9 Å². The lowest BCUT2D eigenvalue weighted by atomic mass is 10.2. The molecule has 0 saturated heterocycles. The van der Waals surface area contributed by atoms with Crippen LogP contribution < -0.4 is 10.3 Å². The van der Waals surface area contributed by atoms with Gasteiger partial charge in [-0.2, -0.15) is 9.78 Å². The van der Waals surface area contributed by atoms with Gasteiger partial charge >= 0.3 is 0 Å². The number of halogens is 2. The summed E-state index contributed by atoms with van der Waals surface area (Å²) >= 11 is 6.93. The Morgan fingerprint density at radius 2 is 1.88 bits per heavy atom. The largest absolute Gasteiger partial charge is 0.480 e. The van der Waals surface area contributed by atoms with Crippen molar-refractivity contribution in [2.24, 2.45) is 5.10 Å². The highest BCUT2D eigenvalue weighted by Gasteiger charge is 2.17. The third-order valence-corrected chi connectivity index (χ3v) is 6.03. The van der Waals surface area contributed by atoms with Gasteiger partial charge in [-0.05, 0) is 54.6 Å². The third-order valence-electron chi connectivity index (χ3n) is 5.05. The number of aromatic nitrogens is 2. The van der Waals surface area contributed by atoms with Crippen molar-refractivity contribution < 1.29 is 9.15 Å². The maximum absolute atomic E-state index is 13.4. The Labute approximate surface area is 211 Å². The molecule has 0 spiro atoms. The van der Waals surface area contributed by atoms with E-state index in [1.54, 1.807) is 24.3 Å². The molecule has 0 unspecified atom stereocenters. The monoisotopic (exact) mass is 575 g/mol. The van der Waals surface area contributed by atoms with Crippen molar-refractivity contribution >= 4 is 59.9 Å². The van der Waals surface area contributed by atoms with Crippen LogP contribution in [0, 0.1) is 12.3 Å². The van der Waals surface area contributed by atoms with Crippen LogP contribution in [-0.4, -0.2) is 22.5 Å². The Morgan fingerprint density at radius 3 is 2.74 bits per heavy atom. The summed E-state index contributed by atoms with van der Waals surface area (Å²) in [5.41, 5.74) is 1.55. The fourth-order valence-corrected chi connectivity index (χ4v) is 4.26. The first kappa shape index (κ1) is 22.1. The van der Waals surface area contributed by atoms with E-state index in [2.05, 4.69) is 42.9 Å². The Bertz CT molecular complexity index is 1680. The first-order valence-corrected chi connectivity index (χ1v) is 11.7. The van der Waals surface area contributed by atoms with Gasteiger partial charge in [-0.15, -0.1) is 6.42 Å². The molecule has 0 aliphatic heterocycles. The van der Waals surface area contributed by atoms with E-state index in [4.69, 9.17) is 20.6 Å². The summed E-state index contributed by atoms with van der Waals surface area (Å²) in [6, 6.07) is 20.1. The minimum absolute atomic E-state index is 0.111. The molecular weight excluding hydrogens is 562 g/mol. The molecule has 0 N–H and O–H groups in total. The molecule has 3 aromatic carbocycles. The fraction of sp³-hybridized carbons (Fsp3) is 0.0385. The van der Waals surface area contributed by atoms with Gasteiger partial charge in [0.05, 0.1) is 17.1 Å². The first-order valence-electron chi connectivity index (χ1n) is 10.1. The van der Waals surface area contributed by atoms with Gasteiger partial charge in [0.25, 0.3) is 5.56 Å². The van der Waals surface area contributed by atoms with Crippen LogP contribution >= 0.6 is 31.9 Å². The smallest absolute Gasteiger partial charge is 0.282 e. The van der Waals surface area contributed by atoms with Crippen molar-refractivity contribution in [2.45, 2.75) is 0 Å². The number of furan rings is 1. The zero-order chi connectivity index (χ0) is 23.7. The lowest BCUT2D eigenvalue weighted by Gasteiger charge is -2.09. The number of ether oxygens (including phenoxy) is 1. The average molecular weight is 577 g/mol. The maximum Gasteiger partial charge on any atom is 0.282 e. The Balaban J connectivity index is 1.70. The maximum atomic E-state index is 13.4. The Hall–Kier alpha value is -3.67. The van der Waals surface area contributed by atoms with Gasteiger partial charge in [0, 0.05) is 19.9 Å². The lowest BCUT2D eigenvalue weighted by Crippen LogP contribution is -2.20. The quantitative estimate of drug-likeness (QED) is 0.184. The van der Waals surface area contributed by atoms with Crippen molar-refractivity contribution in [2.75, 3.05) is 6.61 Å². The SMILES string of the molecule is C#CCOc1ccc(Br)cc1C=Nn1c(-c2cc3cc(Br)ccc3o2)nc2ccccc2c1=O. The van der Waals surface area contributed by atoms with Crippen molar-refractivity contribution in [1.82, 2.24) is 9.66 Å². The molecule has 0 atom stereocenters.